The average Bonchev–Trinajstić information content (AvgIpc) is 2.66. The van der Waals surface area contributed by atoms with Crippen LogP contribution in [0.5, 0.6) is 0 Å². The van der Waals surface area contributed by atoms with Crippen LogP contribution in [-0.2, 0) is 9.53 Å². The third-order valence-corrected chi connectivity index (χ3v) is 4.38. The van der Waals surface area contributed by atoms with Gasteiger partial charge in [-0.15, -0.1) is 0 Å². The number of carbonyl (C=O) groups excluding carboxylic acids is 1. The second-order valence-electron chi connectivity index (χ2n) is 6.75. The number of morpholine rings is 1. The Morgan fingerprint density at radius 3 is 2.62 bits per heavy atom. The topological polar surface area (TPSA) is 44.8 Å². The molecule has 2 fully saturated rings. The number of hydrogen-bond donors (Lipinski definition) is 1. The third kappa shape index (κ3) is 6.32. The van der Waals surface area contributed by atoms with Crippen LogP contribution in [0.3, 0.4) is 0 Å². The Labute approximate surface area is 129 Å². The van der Waals surface area contributed by atoms with Crippen LogP contribution in [0.4, 0.5) is 0 Å². The highest BCUT2D eigenvalue weighted by Gasteiger charge is 2.23. The molecule has 0 aromatic heterocycles. The third-order valence-electron chi connectivity index (χ3n) is 4.38. The molecule has 2 aliphatic rings. The molecule has 5 heteroatoms. The molecule has 2 rings (SSSR count). The van der Waals surface area contributed by atoms with Crippen molar-refractivity contribution in [3.05, 3.63) is 0 Å². The van der Waals surface area contributed by atoms with Crippen molar-refractivity contribution in [1.82, 2.24) is 15.1 Å². The molecule has 1 saturated carbocycles. The molecule has 5 nitrogen and oxygen atoms in total. The lowest BCUT2D eigenvalue weighted by molar-refractivity contribution is -0.125. The monoisotopic (exact) mass is 297 g/mol. The summed E-state index contributed by atoms with van der Waals surface area (Å²) in [7, 11) is 4.11. The number of nitrogens with zero attached hydrogens (tertiary/aromatic N) is 2. The lowest BCUT2D eigenvalue weighted by atomic mass is 10.1. The van der Waals surface area contributed by atoms with Gasteiger partial charge in [0.2, 0.25) is 5.91 Å². The van der Waals surface area contributed by atoms with E-state index in [1.54, 1.807) is 0 Å². The second-order valence-corrected chi connectivity index (χ2v) is 6.75. The average molecular weight is 297 g/mol. The highest BCUT2D eigenvalue weighted by Crippen LogP contribution is 2.17. The zero-order valence-corrected chi connectivity index (χ0v) is 13.6. The lowest BCUT2D eigenvalue weighted by Crippen LogP contribution is -2.50. The smallest absolute Gasteiger partial charge is 0.234 e. The van der Waals surface area contributed by atoms with Crippen molar-refractivity contribution in [2.24, 2.45) is 0 Å². The standard InChI is InChI=1S/C16H31N3O2/c1-18(2)11-15-12-19(9-10-21-15)13-16(20)17-14-7-5-3-4-6-8-14/h14-15H,3-13H2,1-2H3,(H,17,20). The number of rotatable bonds is 5. The molecule has 1 atom stereocenters. The minimum Gasteiger partial charge on any atom is -0.374 e. The number of ether oxygens (including phenoxy) is 1. The summed E-state index contributed by atoms with van der Waals surface area (Å²) < 4.78 is 5.75. The first-order valence-corrected chi connectivity index (χ1v) is 8.41. The number of likely N-dealkylation sites (N-methyl/N-ethyl adjacent to an activating group) is 1. The van der Waals surface area contributed by atoms with Gasteiger partial charge in [0.15, 0.2) is 0 Å². The minimum absolute atomic E-state index is 0.187. The summed E-state index contributed by atoms with van der Waals surface area (Å²) in [5.74, 6) is 0.187. The summed E-state index contributed by atoms with van der Waals surface area (Å²) in [5, 5.41) is 3.23. The van der Waals surface area contributed by atoms with Crippen LogP contribution in [0.1, 0.15) is 38.5 Å². The quantitative estimate of drug-likeness (QED) is 0.772. The fraction of sp³-hybridized carbons (Fsp3) is 0.938. The molecule has 1 aliphatic carbocycles. The van der Waals surface area contributed by atoms with Crippen LogP contribution in [0.15, 0.2) is 0 Å². The highest BCUT2D eigenvalue weighted by molar-refractivity contribution is 5.78. The molecule has 0 bridgehead atoms. The Morgan fingerprint density at radius 2 is 1.95 bits per heavy atom. The first-order chi connectivity index (χ1) is 10.1. The van der Waals surface area contributed by atoms with E-state index in [9.17, 15) is 4.79 Å². The van der Waals surface area contributed by atoms with Crippen LogP contribution in [0.25, 0.3) is 0 Å². The first kappa shape index (κ1) is 16.7. The number of amides is 1. The molecule has 21 heavy (non-hydrogen) atoms. The van der Waals surface area contributed by atoms with Gasteiger partial charge in [0.25, 0.3) is 0 Å². The molecule has 1 unspecified atom stereocenters. The van der Waals surface area contributed by atoms with Crippen LogP contribution in [0.2, 0.25) is 0 Å². The maximum absolute atomic E-state index is 12.2. The van der Waals surface area contributed by atoms with Gasteiger partial charge in [0.05, 0.1) is 19.3 Å². The van der Waals surface area contributed by atoms with Crippen LogP contribution >= 0.6 is 0 Å². The molecular weight excluding hydrogens is 266 g/mol. The minimum atomic E-state index is 0.187. The fourth-order valence-electron chi connectivity index (χ4n) is 3.34. The number of hydrogen-bond acceptors (Lipinski definition) is 4. The molecule has 1 saturated heterocycles. The molecule has 122 valence electrons. The van der Waals surface area contributed by atoms with E-state index in [4.69, 9.17) is 4.74 Å². The largest absolute Gasteiger partial charge is 0.374 e. The van der Waals surface area contributed by atoms with E-state index in [0.717, 1.165) is 39.1 Å². The molecule has 1 amide bonds. The lowest BCUT2D eigenvalue weighted by Gasteiger charge is -2.34. The number of carbonyl (C=O) groups is 1. The van der Waals surface area contributed by atoms with E-state index in [1.165, 1.54) is 25.7 Å². The molecular formula is C16H31N3O2. The Kier molecular flexibility index (Phi) is 6.93. The van der Waals surface area contributed by atoms with E-state index in [2.05, 4.69) is 29.2 Å². The van der Waals surface area contributed by atoms with E-state index >= 15 is 0 Å². The van der Waals surface area contributed by atoms with E-state index < -0.39 is 0 Å². The van der Waals surface area contributed by atoms with Gasteiger partial charge in [0, 0.05) is 25.7 Å². The van der Waals surface area contributed by atoms with Crippen LogP contribution in [-0.4, -0.2) is 74.7 Å². The molecule has 1 aliphatic heterocycles. The molecule has 0 aromatic rings. The molecule has 1 N–H and O–H groups in total. The van der Waals surface area contributed by atoms with Gasteiger partial charge in [0.1, 0.15) is 0 Å². The summed E-state index contributed by atoms with van der Waals surface area (Å²) in [6.07, 6.45) is 7.68. The van der Waals surface area contributed by atoms with E-state index in [0.29, 0.717) is 12.6 Å². The summed E-state index contributed by atoms with van der Waals surface area (Å²) in [6, 6.07) is 0.401. The molecule has 0 radical (unpaired) electrons. The van der Waals surface area contributed by atoms with Crippen LogP contribution < -0.4 is 5.32 Å². The van der Waals surface area contributed by atoms with Gasteiger partial charge in [-0.25, -0.2) is 0 Å². The molecule has 0 spiro atoms. The van der Waals surface area contributed by atoms with Crippen molar-refractivity contribution >= 4 is 5.91 Å². The molecule has 0 aromatic carbocycles. The molecule has 1 heterocycles. The Morgan fingerprint density at radius 1 is 1.24 bits per heavy atom. The number of nitrogens with one attached hydrogen (secondary N) is 1. The second kappa shape index (κ2) is 8.71. The van der Waals surface area contributed by atoms with E-state index in [-0.39, 0.29) is 12.0 Å². The Balaban J connectivity index is 1.71. The SMILES string of the molecule is CN(C)CC1CN(CC(=O)NC2CCCCCC2)CCO1. The van der Waals surface area contributed by atoms with Crippen molar-refractivity contribution in [3.8, 4) is 0 Å². The van der Waals surface area contributed by atoms with Crippen molar-refractivity contribution in [1.29, 1.82) is 0 Å². The predicted molar refractivity (Wildman–Crippen MR) is 84.4 cm³/mol. The first-order valence-electron chi connectivity index (χ1n) is 8.41. The normalized spacial score (nSPS) is 25.8. The van der Waals surface area contributed by atoms with Crippen molar-refractivity contribution in [3.63, 3.8) is 0 Å². The zero-order chi connectivity index (χ0) is 15.1. The Hall–Kier alpha value is -0.650. The van der Waals surface area contributed by atoms with Gasteiger partial charge >= 0.3 is 0 Å². The highest BCUT2D eigenvalue weighted by atomic mass is 16.5. The van der Waals surface area contributed by atoms with Crippen molar-refractivity contribution in [2.45, 2.75) is 50.7 Å². The zero-order valence-electron chi connectivity index (χ0n) is 13.6. The summed E-state index contributed by atoms with van der Waals surface area (Å²) >= 11 is 0. The van der Waals surface area contributed by atoms with Gasteiger partial charge in [-0.3, -0.25) is 9.69 Å². The summed E-state index contributed by atoms with van der Waals surface area (Å²) in [5.41, 5.74) is 0. The van der Waals surface area contributed by atoms with E-state index in [1.807, 2.05) is 0 Å². The van der Waals surface area contributed by atoms with Crippen molar-refractivity contribution in [2.75, 3.05) is 46.9 Å². The maximum atomic E-state index is 12.2. The fourth-order valence-corrected chi connectivity index (χ4v) is 3.34. The Bertz CT molecular complexity index is 315. The van der Waals surface area contributed by atoms with Gasteiger partial charge in [-0.05, 0) is 26.9 Å². The predicted octanol–water partition coefficient (Wildman–Crippen LogP) is 1.09. The van der Waals surface area contributed by atoms with Gasteiger partial charge in [-0.2, -0.15) is 0 Å². The van der Waals surface area contributed by atoms with Crippen molar-refractivity contribution < 1.29 is 9.53 Å². The summed E-state index contributed by atoms with van der Waals surface area (Å²) in [4.78, 5) is 16.6. The van der Waals surface area contributed by atoms with Gasteiger partial charge < -0.3 is 15.0 Å². The van der Waals surface area contributed by atoms with Gasteiger partial charge in [-0.1, -0.05) is 25.7 Å². The maximum Gasteiger partial charge on any atom is 0.234 e. The van der Waals surface area contributed by atoms with Crippen LogP contribution in [0, 0.1) is 0 Å². The summed E-state index contributed by atoms with van der Waals surface area (Å²) in [6.45, 7) is 3.89.